The highest BCUT2D eigenvalue weighted by molar-refractivity contribution is 5.19. The average Bonchev–Trinajstić information content (AvgIpc) is 2.38. The minimum Gasteiger partial charge on any atom is -0.489 e. The number of rotatable bonds is 3. The van der Waals surface area contributed by atoms with E-state index in [1.165, 1.54) is 0 Å². The van der Waals surface area contributed by atoms with E-state index < -0.39 is 0 Å². The molecule has 0 radical (unpaired) electrons. The molecule has 0 atom stereocenters. The molecule has 82 valence electrons. The zero-order chi connectivity index (χ0) is 11.2. The predicted octanol–water partition coefficient (Wildman–Crippen LogP) is 1.37. The Labute approximate surface area is 93.4 Å². The first-order valence-electron chi connectivity index (χ1n) is 4.98. The predicted molar refractivity (Wildman–Crippen MR) is 61.3 cm³/mol. The minimum absolute atomic E-state index is 0.537. The summed E-state index contributed by atoms with van der Waals surface area (Å²) in [6.45, 7) is 0.537. The van der Waals surface area contributed by atoms with Crippen LogP contribution in [0.1, 0.15) is 5.56 Å². The summed E-state index contributed by atoms with van der Waals surface area (Å²) in [6.07, 6.45) is 1.74. The zero-order valence-corrected chi connectivity index (χ0v) is 8.76. The number of benzene rings is 1. The summed E-state index contributed by atoms with van der Waals surface area (Å²) in [4.78, 5) is 2.88. The Kier molecular flexibility index (Phi) is 3.23. The maximum absolute atomic E-state index is 5.60. The van der Waals surface area contributed by atoms with Crippen molar-refractivity contribution >= 4 is 0 Å². The number of nitrogens with one attached hydrogen (secondary N) is 1. The first-order valence-corrected chi connectivity index (χ1v) is 4.98. The molecule has 0 aliphatic carbocycles. The molecule has 0 spiro atoms. The zero-order valence-electron chi connectivity index (χ0n) is 8.76. The molecule has 0 aliphatic rings. The molecule has 2 rings (SSSR count). The fourth-order valence-corrected chi connectivity index (χ4v) is 1.34. The number of aromatic amines is 1. The van der Waals surface area contributed by atoms with Gasteiger partial charge in [0.25, 0.3) is 0 Å². The van der Waals surface area contributed by atoms with E-state index in [2.05, 4.69) is 10.1 Å². The topological polar surface area (TPSA) is 63.4 Å². The Morgan fingerprint density at radius 3 is 2.75 bits per heavy atom. The third kappa shape index (κ3) is 2.63. The highest BCUT2D eigenvalue weighted by Crippen LogP contribution is 2.08. The van der Waals surface area contributed by atoms with E-state index in [9.17, 15) is 0 Å². The van der Waals surface area contributed by atoms with Gasteiger partial charge in [0.1, 0.15) is 12.4 Å². The second kappa shape index (κ2) is 5.02. The third-order valence-electron chi connectivity index (χ3n) is 2.15. The molecule has 4 nitrogen and oxygen atoms in total. The van der Waals surface area contributed by atoms with Gasteiger partial charge >= 0.3 is 0 Å². The molecule has 1 aromatic heterocycles. The number of nitrogens with zero attached hydrogens (tertiary/aromatic N) is 1. The van der Waals surface area contributed by atoms with Gasteiger partial charge in [-0.1, -0.05) is 30.3 Å². The van der Waals surface area contributed by atoms with E-state index in [0.717, 1.165) is 11.3 Å². The van der Waals surface area contributed by atoms with Crippen LogP contribution in [-0.2, 0) is 6.61 Å². The van der Waals surface area contributed by atoms with Crippen molar-refractivity contribution in [2.75, 3.05) is 0 Å². The van der Waals surface area contributed by atoms with Crippen molar-refractivity contribution in [2.24, 2.45) is 10.9 Å². The van der Waals surface area contributed by atoms with Gasteiger partial charge in [0.05, 0.1) is 0 Å². The van der Waals surface area contributed by atoms with Crippen LogP contribution in [0.4, 0.5) is 0 Å². The summed E-state index contributed by atoms with van der Waals surface area (Å²) in [7, 11) is 0. The second-order valence-electron chi connectivity index (χ2n) is 3.31. The number of H-pyrrole nitrogens is 1. The number of aromatic nitrogens is 1. The first-order chi connectivity index (χ1) is 7.88. The molecule has 0 saturated carbocycles. The van der Waals surface area contributed by atoms with Crippen molar-refractivity contribution in [1.29, 1.82) is 0 Å². The van der Waals surface area contributed by atoms with Gasteiger partial charge < -0.3 is 15.6 Å². The molecule has 4 heteroatoms. The maximum atomic E-state index is 5.60. The van der Waals surface area contributed by atoms with E-state index in [1.807, 2.05) is 36.4 Å². The average molecular weight is 215 g/mol. The molecule has 0 amide bonds. The van der Waals surface area contributed by atoms with Crippen molar-refractivity contribution in [3.8, 4) is 5.75 Å². The van der Waals surface area contributed by atoms with Gasteiger partial charge in [-0.2, -0.15) is 5.10 Å². The number of pyridine rings is 1. The van der Waals surface area contributed by atoms with Crippen LogP contribution in [0.25, 0.3) is 0 Å². The molecule has 1 heterocycles. The molecule has 0 aliphatic heterocycles. The molecule has 0 bridgehead atoms. The van der Waals surface area contributed by atoms with E-state index in [-0.39, 0.29) is 0 Å². The van der Waals surface area contributed by atoms with E-state index in [0.29, 0.717) is 12.1 Å². The van der Waals surface area contributed by atoms with Crippen LogP contribution in [0.5, 0.6) is 5.75 Å². The normalized spacial score (nSPS) is 11.4. The van der Waals surface area contributed by atoms with E-state index in [1.54, 1.807) is 12.3 Å². The molecule has 1 aromatic carbocycles. The van der Waals surface area contributed by atoms with Crippen molar-refractivity contribution < 1.29 is 4.74 Å². The Morgan fingerprint density at radius 1 is 1.19 bits per heavy atom. The van der Waals surface area contributed by atoms with Crippen molar-refractivity contribution in [3.05, 3.63) is 59.7 Å². The summed E-state index contributed by atoms with van der Waals surface area (Å²) < 4.78 is 5.60. The standard InChI is InChI=1S/C12H13N3O/c13-15-12-8-11(6-7-14-12)16-9-10-4-2-1-3-5-10/h1-8H,9,13H2,(H,14,15). The second-order valence-corrected chi connectivity index (χ2v) is 3.31. The van der Waals surface area contributed by atoms with Gasteiger partial charge in [-0.25, -0.2) is 0 Å². The van der Waals surface area contributed by atoms with E-state index >= 15 is 0 Å². The molecule has 16 heavy (non-hydrogen) atoms. The molecular weight excluding hydrogens is 202 g/mol. The fraction of sp³-hybridized carbons (Fsp3) is 0.0833. The van der Waals surface area contributed by atoms with Crippen LogP contribution in [-0.4, -0.2) is 4.98 Å². The van der Waals surface area contributed by atoms with Gasteiger partial charge in [0, 0.05) is 12.3 Å². The number of hydrogen-bond acceptors (Lipinski definition) is 3. The van der Waals surface area contributed by atoms with Crippen molar-refractivity contribution in [1.82, 2.24) is 4.98 Å². The minimum atomic E-state index is 0.537. The van der Waals surface area contributed by atoms with Crippen LogP contribution in [0.2, 0.25) is 0 Å². The summed E-state index contributed by atoms with van der Waals surface area (Å²) in [6, 6.07) is 13.6. The Hall–Kier alpha value is -2.23. The largest absolute Gasteiger partial charge is 0.489 e. The Balaban J connectivity index is 2.05. The summed E-state index contributed by atoms with van der Waals surface area (Å²) in [5.74, 6) is 5.91. The monoisotopic (exact) mass is 215 g/mol. The molecule has 3 N–H and O–H groups in total. The molecule has 2 aromatic rings. The van der Waals surface area contributed by atoms with Crippen LogP contribution in [0.3, 0.4) is 0 Å². The highest BCUT2D eigenvalue weighted by Gasteiger charge is 1.94. The number of ether oxygens (including phenoxy) is 1. The smallest absolute Gasteiger partial charge is 0.153 e. The van der Waals surface area contributed by atoms with Crippen LogP contribution < -0.4 is 16.1 Å². The summed E-state index contributed by atoms with van der Waals surface area (Å²) in [5.41, 5.74) is 1.71. The van der Waals surface area contributed by atoms with Crippen LogP contribution >= 0.6 is 0 Å². The Morgan fingerprint density at radius 2 is 2.00 bits per heavy atom. The van der Waals surface area contributed by atoms with Crippen molar-refractivity contribution in [3.63, 3.8) is 0 Å². The quantitative estimate of drug-likeness (QED) is 0.600. The number of hydrogen-bond donors (Lipinski definition) is 2. The molecule has 0 unspecified atom stereocenters. The lowest BCUT2D eigenvalue weighted by Crippen LogP contribution is -2.09. The maximum Gasteiger partial charge on any atom is 0.153 e. The van der Waals surface area contributed by atoms with Gasteiger partial charge in [0.15, 0.2) is 5.49 Å². The molecule has 0 fully saturated rings. The lowest BCUT2D eigenvalue weighted by atomic mass is 10.2. The third-order valence-corrected chi connectivity index (χ3v) is 2.15. The first kappa shape index (κ1) is 10.3. The highest BCUT2D eigenvalue weighted by atomic mass is 16.5. The van der Waals surface area contributed by atoms with Crippen molar-refractivity contribution in [2.45, 2.75) is 6.61 Å². The van der Waals surface area contributed by atoms with Gasteiger partial charge in [-0.15, -0.1) is 0 Å². The van der Waals surface area contributed by atoms with Crippen LogP contribution in [0, 0.1) is 0 Å². The summed E-state index contributed by atoms with van der Waals surface area (Å²) >= 11 is 0. The van der Waals surface area contributed by atoms with Gasteiger partial charge in [-0.3, -0.25) is 0 Å². The molecular formula is C12H13N3O. The lowest BCUT2D eigenvalue weighted by Gasteiger charge is -2.05. The Bertz CT molecular complexity index is 505. The number of nitrogens with two attached hydrogens (primary N) is 1. The van der Waals surface area contributed by atoms with Gasteiger partial charge in [0.2, 0.25) is 0 Å². The SMILES string of the molecule is N/N=c1/cc(OCc2ccccc2)cc[nH]1. The molecule has 0 saturated heterocycles. The lowest BCUT2D eigenvalue weighted by molar-refractivity contribution is 0.305. The van der Waals surface area contributed by atoms with E-state index in [4.69, 9.17) is 10.6 Å². The fourth-order valence-electron chi connectivity index (χ4n) is 1.34. The summed E-state index contributed by atoms with van der Waals surface area (Å²) in [5, 5.41) is 3.55. The van der Waals surface area contributed by atoms with Gasteiger partial charge in [-0.05, 0) is 11.6 Å². The van der Waals surface area contributed by atoms with Crippen LogP contribution in [0.15, 0.2) is 53.8 Å².